The highest BCUT2D eigenvalue weighted by molar-refractivity contribution is 5.49. The van der Waals surface area contributed by atoms with E-state index >= 15 is 0 Å². The average molecular weight is 264 g/mol. The molecule has 0 saturated carbocycles. The van der Waals surface area contributed by atoms with E-state index < -0.39 is 0 Å². The molecule has 1 heterocycles. The van der Waals surface area contributed by atoms with E-state index in [0.29, 0.717) is 24.4 Å². The molecule has 0 radical (unpaired) electrons. The molecule has 1 unspecified atom stereocenters. The molecule has 1 rings (SSSR count). The number of hydrogen-bond acceptors (Lipinski definition) is 4. The van der Waals surface area contributed by atoms with E-state index in [2.05, 4.69) is 56.5 Å². The molecule has 1 aromatic rings. The van der Waals surface area contributed by atoms with Crippen molar-refractivity contribution >= 4 is 5.69 Å². The highest BCUT2D eigenvalue weighted by Crippen LogP contribution is 2.23. The van der Waals surface area contributed by atoms with Crippen molar-refractivity contribution in [3.63, 3.8) is 0 Å². The van der Waals surface area contributed by atoms with E-state index in [9.17, 15) is 0 Å². The van der Waals surface area contributed by atoms with Crippen LogP contribution in [-0.2, 0) is 6.54 Å². The van der Waals surface area contributed by atoms with Gasteiger partial charge in [0.05, 0.1) is 17.6 Å². The van der Waals surface area contributed by atoms with E-state index in [1.807, 2.05) is 6.20 Å². The summed E-state index contributed by atoms with van der Waals surface area (Å²) in [5.74, 6) is 1.88. The second-order valence-corrected chi connectivity index (χ2v) is 6.01. The molecule has 0 amide bonds. The number of nitrogens with two attached hydrogens (primary N) is 1. The molecule has 108 valence electrons. The maximum atomic E-state index is 5.84. The molecule has 0 aliphatic heterocycles. The van der Waals surface area contributed by atoms with Crippen LogP contribution < -0.4 is 10.6 Å². The van der Waals surface area contributed by atoms with Crippen molar-refractivity contribution in [2.45, 2.75) is 59.5 Å². The fourth-order valence-electron chi connectivity index (χ4n) is 2.23. The largest absolute Gasteiger partial charge is 0.369 e. The molecule has 4 heteroatoms. The van der Waals surface area contributed by atoms with E-state index in [1.54, 1.807) is 0 Å². The first kappa shape index (κ1) is 15.9. The minimum atomic E-state index is 0.331. The zero-order chi connectivity index (χ0) is 14.6. The van der Waals surface area contributed by atoms with Crippen molar-refractivity contribution in [3.05, 3.63) is 17.7 Å². The number of anilines is 1. The van der Waals surface area contributed by atoms with Crippen molar-refractivity contribution < 1.29 is 0 Å². The lowest BCUT2D eigenvalue weighted by Gasteiger charge is -2.29. The van der Waals surface area contributed by atoms with E-state index in [-0.39, 0.29) is 0 Å². The van der Waals surface area contributed by atoms with Gasteiger partial charge in [-0.1, -0.05) is 27.7 Å². The van der Waals surface area contributed by atoms with Crippen molar-refractivity contribution in [1.29, 1.82) is 0 Å². The first-order valence-electron chi connectivity index (χ1n) is 7.15. The monoisotopic (exact) mass is 264 g/mol. The van der Waals surface area contributed by atoms with Crippen molar-refractivity contribution in [1.82, 2.24) is 9.97 Å². The Morgan fingerprint density at radius 1 is 1.21 bits per heavy atom. The maximum absolute atomic E-state index is 5.84. The van der Waals surface area contributed by atoms with Crippen LogP contribution in [0.2, 0.25) is 0 Å². The summed E-state index contributed by atoms with van der Waals surface area (Å²) in [6.07, 6.45) is 3.06. The van der Waals surface area contributed by atoms with E-state index in [4.69, 9.17) is 5.73 Å². The number of hydrogen-bond donors (Lipinski definition) is 1. The van der Waals surface area contributed by atoms with Crippen LogP contribution in [0.15, 0.2) is 6.20 Å². The van der Waals surface area contributed by atoms with Crippen LogP contribution in [0.3, 0.4) is 0 Å². The predicted octanol–water partition coefficient (Wildman–Crippen LogP) is 2.93. The molecule has 0 saturated heterocycles. The summed E-state index contributed by atoms with van der Waals surface area (Å²) in [4.78, 5) is 11.3. The summed E-state index contributed by atoms with van der Waals surface area (Å²) >= 11 is 0. The summed E-state index contributed by atoms with van der Waals surface area (Å²) < 4.78 is 0. The standard InChI is InChI=1S/C15H28N4/c1-10(2)7-12(5)19(6)14-9-17-15(11(3)4)18-13(14)8-16/h9-12H,7-8,16H2,1-6H3. The zero-order valence-corrected chi connectivity index (χ0v) is 13.1. The average Bonchev–Trinajstić information content (AvgIpc) is 2.36. The van der Waals surface area contributed by atoms with Crippen LogP contribution in [0.25, 0.3) is 0 Å². The molecule has 0 aromatic carbocycles. The van der Waals surface area contributed by atoms with Crippen molar-refractivity contribution in [2.24, 2.45) is 11.7 Å². The van der Waals surface area contributed by atoms with Crippen LogP contribution in [0.5, 0.6) is 0 Å². The van der Waals surface area contributed by atoms with Gasteiger partial charge < -0.3 is 10.6 Å². The van der Waals surface area contributed by atoms with Gasteiger partial charge in [-0.2, -0.15) is 0 Å². The van der Waals surface area contributed by atoms with Gasteiger partial charge in [-0.05, 0) is 19.3 Å². The van der Waals surface area contributed by atoms with Gasteiger partial charge in [0.15, 0.2) is 0 Å². The van der Waals surface area contributed by atoms with Crippen LogP contribution in [0.4, 0.5) is 5.69 Å². The molecule has 0 aliphatic rings. The van der Waals surface area contributed by atoms with Crippen LogP contribution in [-0.4, -0.2) is 23.1 Å². The van der Waals surface area contributed by atoms with E-state index in [0.717, 1.165) is 23.6 Å². The first-order valence-corrected chi connectivity index (χ1v) is 7.15. The van der Waals surface area contributed by atoms with Gasteiger partial charge in [-0.25, -0.2) is 9.97 Å². The Bertz CT molecular complexity index is 401. The highest BCUT2D eigenvalue weighted by Gasteiger charge is 2.17. The van der Waals surface area contributed by atoms with E-state index in [1.165, 1.54) is 0 Å². The second-order valence-electron chi connectivity index (χ2n) is 6.01. The lowest BCUT2D eigenvalue weighted by Crippen LogP contribution is -2.31. The lowest BCUT2D eigenvalue weighted by molar-refractivity contribution is 0.502. The highest BCUT2D eigenvalue weighted by atomic mass is 15.2. The number of rotatable bonds is 6. The molecule has 0 aliphatic carbocycles. The van der Waals surface area contributed by atoms with Crippen LogP contribution in [0.1, 0.15) is 58.5 Å². The quantitative estimate of drug-likeness (QED) is 0.858. The van der Waals surface area contributed by atoms with Gasteiger partial charge in [0.2, 0.25) is 0 Å². The molecule has 1 aromatic heterocycles. The van der Waals surface area contributed by atoms with Gasteiger partial charge in [-0.3, -0.25) is 0 Å². The Kier molecular flexibility index (Phi) is 5.73. The Morgan fingerprint density at radius 2 is 1.84 bits per heavy atom. The molecule has 19 heavy (non-hydrogen) atoms. The second kappa shape index (κ2) is 6.85. The minimum absolute atomic E-state index is 0.331. The Labute approximate surface area is 117 Å². The molecular weight excluding hydrogens is 236 g/mol. The topological polar surface area (TPSA) is 55.0 Å². The first-order chi connectivity index (χ1) is 8.86. The van der Waals surface area contributed by atoms with Gasteiger partial charge in [0.25, 0.3) is 0 Å². The van der Waals surface area contributed by atoms with Gasteiger partial charge in [0.1, 0.15) is 5.82 Å². The molecule has 0 fully saturated rings. The van der Waals surface area contributed by atoms with Crippen molar-refractivity contribution in [2.75, 3.05) is 11.9 Å². The smallest absolute Gasteiger partial charge is 0.131 e. The Hall–Kier alpha value is -1.16. The SMILES string of the molecule is CC(C)CC(C)N(C)c1cnc(C(C)C)nc1CN. The third-order valence-corrected chi connectivity index (χ3v) is 3.43. The van der Waals surface area contributed by atoms with Gasteiger partial charge >= 0.3 is 0 Å². The lowest BCUT2D eigenvalue weighted by atomic mass is 10.0. The molecular formula is C15H28N4. The summed E-state index contributed by atoms with van der Waals surface area (Å²) in [6, 6.07) is 0.457. The number of nitrogens with zero attached hydrogens (tertiary/aromatic N) is 3. The normalized spacial score (nSPS) is 13.1. The zero-order valence-electron chi connectivity index (χ0n) is 13.1. The third-order valence-electron chi connectivity index (χ3n) is 3.43. The molecule has 2 N–H and O–H groups in total. The summed E-state index contributed by atoms with van der Waals surface area (Å²) in [5.41, 5.74) is 7.84. The summed E-state index contributed by atoms with van der Waals surface area (Å²) in [7, 11) is 2.10. The van der Waals surface area contributed by atoms with Crippen LogP contribution >= 0.6 is 0 Å². The van der Waals surface area contributed by atoms with Crippen LogP contribution in [0, 0.1) is 5.92 Å². The Morgan fingerprint density at radius 3 is 2.32 bits per heavy atom. The fraction of sp³-hybridized carbons (Fsp3) is 0.733. The third kappa shape index (κ3) is 4.16. The maximum Gasteiger partial charge on any atom is 0.131 e. The molecule has 1 atom stereocenters. The van der Waals surface area contributed by atoms with Gasteiger partial charge in [-0.15, -0.1) is 0 Å². The molecule has 4 nitrogen and oxygen atoms in total. The molecule has 0 spiro atoms. The summed E-state index contributed by atoms with van der Waals surface area (Å²) in [5, 5.41) is 0. The predicted molar refractivity (Wildman–Crippen MR) is 81.3 cm³/mol. The Balaban J connectivity index is 2.99. The molecule has 0 bridgehead atoms. The van der Waals surface area contributed by atoms with Gasteiger partial charge in [0, 0.05) is 25.6 Å². The fourth-order valence-corrected chi connectivity index (χ4v) is 2.23. The minimum Gasteiger partial charge on any atom is -0.369 e. The number of aromatic nitrogens is 2. The van der Waals surface area contributed by atoms with Crippen molar-refractivity contribution in [3.8, 4) is 0 Å². The summed E-state index contributed by atoms with van der Waals surface area (Å²) in [6.45, 7) is 11.4.